The number of amides is 1. The SMILES string of the molecule is CCNC(=NCCN1CCN(C(C)=O)CC1)N(C)CC1CCOC1.I. The van der Waals surface area contributed by atoms with Gasteiger partial charge in [0.25, 0.3) is 0 Å². The molecule has 0 aromatic carbocycles. The van der Waals surface area contributed by atoms with Crippen LogP contribution in [0.2, 0.25) is 0 Å². The molecule has 2 saturated heterocycles. The van der Waals surface area contributed by atoms with E-state index in [9.17, 15) is 4.79 Å². The van der Waals surface area contributed by atoms with Gasteiger partial charge < -0.3 is 19.9 Å². The van der Waals surface area contributed by atoms with Gasteiger partial charge in [0, 0.05) is 72.3 Å². The molecule has 0 saturated carbocycles. The molecule has 0 aromatic rings. The standard InChI is InChI=1S/C17H33N5O2.HI/c1-4-18-17(20(3)13-16-5-12-24-14-16)19-6-7-21-8-10-22(11-9-21)15(2)23;/h16H,4-14H2,1-3H3,(H,18,19);1H. The Labute approximate surface area is 169 Å². The van der Waals surface area contributed by atoms with Crippen molar-refractivity contribution in [3.8, 4) is 0 Å². The van der Waals surface area contributed by atoms with E-state index in [2.05, 4.69) is 29.1 Å². The molecule has 0 bridgehead atoms. The Morgan fingerprint density at radius 2 is 2.04 bits per heavy atom. The normalized spacial score (nSPS) is 21.8. The fraction of sp³-hybridized carbons (Fsp3) is 0.882. The summed E-state index contributed by atoms with van der Waals surface area (Å²) in [6, 6.07) is 0. The van der Waals surface area contributed by atoms with Crippen LogP contribution in [0.1, 0.15) is 20.3 Å². The van der Waals surface area contributed by atoms with Crippen LogP contribution in [0, 0.1) is 5.92 Å². The van der Waals surface area contributed by atoms with Crippen molar-refractivity contribution < 1.29 is 9.53 Å². The quantitative estimate of drug-likeness (QED) is 0.354. The lowest BCUT2D eigenvalue weighted by atomic mass is 10.1. The highest BCUT2D eigenvalue weighted by atomic mass is 127. The Hall–Kier alpha value is -0.610. The number of rotatable bonds is 6. The molecule has 1 atom stereocenters. The maximum Gasteiger partial charge on any atom is 0.219 e. The Morgan fingerprint density at radius 3 is 2.60 bits per heavy atom. The molecule has 2 aliphatic heterocycles. The number of carbonyl (C=O) groups excluding carboxylic acids is 1. The topological polar surface area (TPSA) is 60.4 Å². The smallest absolute Gasteiger partial charge is 0.219 e. The first-order valence-corrected chi connectivity index (χ1v) is 9.15. The first-order valence-electron chi connectivity index (χ1n) is 9.15. The highest BCUT2D eigenvalue weighted by Crippen LogP contribution is 2.13. The molecule has 0 spiro atoms. The summed E-state index contributed by atoms with van der Waals surface area (Å²) in [6.45, 7) is 12.7. The molecular formula is C17H34IN5O2. The number of nitrogens with zero attached hydrogens (tertiary/aromatic N) is 4. The van der Waals surface area contributed by atoms with Crippen molar-refractivity contribution in [2.24, 2.45) is 10.9 Å². The lowest BCUT2D eigenvalue weighted by molar-refractivity contribution is -0.130. The third-order valence-corrected chi connectivity index (χ3v) is 4.75. The first kappa shape index (κ1) is 22.4. The highest BCUT2D eigenvalue weighted by Gasteiger charge is 2.20. The second kappa shape index (κ2) is 11.9. The van der Waals surface area contributed by atoms with Crippen LogP contribution < -0.4 is 5.32 Å². The van der Waals surface area contributed by atoms with Gasteiger partial charge in [0.05, 0.1) is 13.2 Å². The van der Waals surface area contributed by atoms with Crippen LogP contribution >= 0.6 is 24.0 Å². The predicted octanol–water partition coefficient (Wildman–Crippen LogP) is 0.702. The number of hydrogen-bond donors (Lipinski definition) is 1. The lowest BCUT2D eigenvalue weighted by Gasteiger charge is -2.34. The zero-order valence-electron chi connectivity index (χ0n) is 15.9. The van der Waals surface area contributed by atoms with Gasteiger partial charge in [-0.25, -0.2) is 0 Å². The van der Waals surface area contributed by atoms with Crippen molar-refractivity contribution in [2.75, 3.05) is 72.6 Å². The van der Waals surface area contributed by atoms with Crippen molar-refractivity contribution in [2.45, 2.75) is 20.3 Å². The average molecular weight is 467 g/mol. The molecule has 1 N–H and O–H groups in total. The van der Waals surface area contributed by atoms with Crippen LogP contribution in [0.15, 0.2) is 4.99 Å². The minimum atomic E-state index is 0. The van der Waals surface area contributed by atoms with Gasteiger partial charge in [-0.15, -0.1) is 24.0 Å². The van der Waals surface area contributed by atoms with E-state index in [0.29, 0.717) is 5.92 Å². The Bertz CT molecular complexity index is 421. The van der Waals surface area contributed by atoms with Gasteiger partial charge in [-0.2, -0.15) is 0 Å². The molecule has 0 aliphatic carbocycles. The summed E-state index contributed by atoms with van der Waals surface area (Å²) in [6.07, 6.45) is 1.14. The summed E-state index contributed by atoms with van der Waals surface area (Å²) >= 11 is 0. The summed E-state index contributed by atoms with van der Waals surface area (Å²) in [4.78, 5) is 22.7. The van der Waals surface area contributed by atoms with Gasteiger partial charge in [-0.05, 0) is 13.3 Å². The van der Waals surface area contributed by atoms with Gasteiger partial charge >= 0.3 is 0 Å². The van der Waals surface area contributed by atoms with E-state index >= 15 is 0 Å². The Kier molecular flexibility index (Phi) is 10.7. The fourth-order valence-corrected chi connectivity index (χ4v) is 3.25. The number of halogens is 1. The molecule has 0 radical (unpaired) electrons. The van der Waals surface area contributed by atoms with Crippen LogP contribution in [-0.2, 0) is 9.53 Å². The molecule has 2 fully saturated rings. The second-order valence-electron chi connectivity index (χ2n) is 6.69. The first-order chi connectivity index (χ1) is 11.6. The van der Waals surface area contributed by atoms with Crippen molar-refractivity contribution >= 4 is 35.8 Å². The zero-order valence-corrected chi connectivity index (χ0v) is 18.2. The van der Waals surface area contributed by atoms with E-state index < -0.39 is 0 Å². The number of aliphatic imine (C=N–C) groups is 1. The van der Waals surface area contributed by atoms with Gasteiger partial charge in [0.1, 0.15) is 0 Å². The van der Waals surface area contributed by atoms with Crippen LogP contribution in [-0.4, -0.2) is 99.2 Å². The molecule has 1 unspecified atom stereocenters. The molecule has 2 heterocycles. The average Bonchev–Trinajstić information content (AvgIpc) is 3.07. The Balaban J connectivity index is 0.00000312. The molecule has 1 amide bonds. The lowest BCUT2D eigenvalue weighted by Crippen LogP contribution is -2.48. The van der Waals surface area contributed by atoms with Crippen LogP contribution in [0.4, 0.5) is 0 Å². The minimum Gasteiger partial charge on any atom is -0.381 e. The summed E-state index contributed by atoms with van der Waals surface area (Å²) in [7, 11) is 2.10. The number of piperazine rings is 1. The summed E-state index contributed by atoms with van der Waals surface area (Å²) in [5.74, 6) is 1.77. The third-order valence-electron chi connectivity index (χ3n) is 4.75. The molecule has 7 nitrogen and oxygen atoms in total. The van der Waals surface area contributed by atoms with Crippen molar-refractivity contribution in [3.05, 3.63) is 0 Å². The van der Waals surface area contributed by atoms with E-state index in [1.54, 1.807) is 6.92 Å². The van der Waals surface area contributed by atoms with Crippen molar-refractivity contribution in [3.63, 3.8) is 0 Å². The highest BCUT2D eigenvalue weighted by molar-refractivity contribution is 14.0. The number of ether oxygens (including phenoxy) is 1. The maximum atomic E-state index is 11.4. The molecule has 8 heteroatoms. The van der Waals surface area contributed by atoms with E-state index in [-0.39, 0.29) is 29.9 Å². The van der Waals surface area contributed by atoms with Crippen molar-refractivity contribution in [1.29, 1.82) is 0 Å². The fourth-order valence-electron chi connectivity index (χ4n) is 3.25. The molecule has 0 aromatic heterocycles. The molecule has 2 rings (SSSR count). The molecule has 146 valence electrons. The summed E-state index contributed by atoms with van der Waals surface area (Å²) in [5.41, 5.74) is 0. The van der Waals surface area contributed by atoms with Crippen molar-refractivity contribution in [1.82, 2.24) is 20.0 Å². The van der Waals surface area contributed by atoms with Gasteiger partial charge in [-0.1, -0.05) is 0 Å². The minimum absolute atomic E-state index is 0. The second-order valence-corrected chi connectivity index (χ2v) is 6.69. The molecule has 2 aliphatic rings. The van der Waals surface area contributed by atoms with E-state index in [1.165, 1.54) is 0 Å². The van der Waals surface area contributed by atoms with Gasteiger partial charge in [-0.3, -0.25) is 14.7 Å². The van der Waals surface area contributed by atoms with Crippen LogP contribution in [0.5, 0.6) is 0 Å². The van der Waals surface area contributed by atoms with E-state index in [1.807, 2.05) is 4.90 Å². The van der Waals surface area contributed by atoms with Crippen LogP contribution in [0.25, 0.3) is 0 Å². The van der Waals surface area contributed by atoms with Crippen LogP contribution in [0.3, 0.4) is 0 Å². The number of nitrogens with one attached hydrogen (secondary N) is 1. The number of carbonyl (C=O) groups is 1. The van der Waals surface area contributed by atoms with Gasteiger partial charge in [0.15, 0.2) is 5.96 Å². The predicted molar refractivity (Wildman–Crippen MR) is 112 cm³/mol. The zero-order chi connectivity index (χ0) is 17.4. The van der Waals surface area contributed by atoms with E-state index in [4.69, 9.17) is 9.73 Å². The molecule has 25 heavy (non-hydrogen) atoms. The number of hydrogen-bond acceptors (Lipinski definition) is 4. The maximum absolute atomic E-state index is 11.4. The summed E-state index contributed by atoms with van der Waals surface area (Å²) in [5, 5.41) is 3.38. The molecular weight excluding hydrogens is 433 g/mol. The largest absolute Gasteiger partial charge is 0.381 e. The van der Waals surface area contributed by atoms with Gasteiger partial charge in [0.2, 0.25) is 5.91 Å². The summed E-state index contributed by atoms with van der Waals surface area (Å²) < 4.78 is 5.46. The monoisotopic (exact) mass is 467 g/mol. The third kappa shape index (κ3) is 7.65. The van der Waals surface area contributed by atoms with E-state index in [0.717, 1.165) is 78.0 Å². The number of guanidine groups is 1. The Morgan fingerprint density at radius 1 is 1.32 bits per heavy atom.